The Kier molecular flexibility index (Phi) is 4.87. The average molecular weight is 337 g/mol. The molecule has 2 N–H and O–H groups in total. The number of carboxylic acid groups (broad SMARTS) is 1. The van der Waals surface area contributed by atoms with Crippen molar-refractivity contribution in [1.29, 1.82) is 0 Å². The van der Waals surface area contributed by atoms with Crippen LogP contribution in [0, 0.1) is 5.92 Å². The molecule has 2 rings (SSSR count). The molecular weight excluding hydrogens is 322 g/mol. The fourth-order valence-corrected chi connectivity index (χ4v) is 3.48. The van der Waals surface area contributed by atoms with Crippen molar-refractivity contribution in [2.75, 3.05) is 0 Å². The van der Waals surface area contributed by atoms with Gasteiger partial charge in [0.25, 0.3) is 5.91 Å². The first-order valence-electron chi connectivity index (χ1n) is 6.60. The van der Waals surface area contributed by atoms with Crippen LogP contribution in [0.4, 0.5) is 0 Å². The Bertz CT molecular complexity index is 669. The number of aromatic hydroxyl groups is 1. The van der Waals surface area contributed by atoms with Crippen LogP contribution in [-0.2, 0) is 9.59 Å². The lowest BCUT2D eigenvalue weighted by Gasteiger charge is -2.26. The zero-order valence-electron chi connectivity index (χ0n) is 12.0. The lowest BCUT2D eigenvalue weighted by Crippen LogP contribution is -2.47. The van der Waals surface area contributed by atoms with Gasteiger partial charge in [-0.15, -0.1) is 0 Å². The average Bonchev–Trinajstić information content (AvgIpc) is 2.69. The van der Waals surface area contributed by atoms with Crippen LogP contribution < -0.4 is 0 Å². The van der Waals surface area contributed by atoms with Crippen molar-refractivity contribution in [2.45, 2.75) is 19.9 Å². The molecule has 1 atom stereocenters. The smallest absolute Gasteiger partial charge is 0.327 e. The number of hydrogen-bond donors (Lipinski definition) is 2. The molecule has 1 aromatic rings. The quantitative estimate of drug-likeness (QED) is 0.650. The number of nitrogens with zero attached hydrogens (tertiary/aromatic N) is 1. The molecule has 5 nitrogen and oxygen atoms in total. The number of phenols is 1. The van der Waals surface area contributed by atoms with E-state index in [4.69, 9.17) is 12.2 Å². The summed E-state index contributed by atoms with van der Waals surface area (Å²) in [7, 11) is 0. The van der Waals surface area contributed by atoms with Gasteiger partial charge in [0.15, 0.2) is 0 Å². The first-order valence-corrected chi connectivity index (χ1v) is 7.83. The number of para-hydroxylation sites is 1. The normalized spacial score (nSPS) is 18.3. The second-order valence-corrected chi connectivity index (χ2v) is 6.81. The third-order valence-electron chi connectivity index (χ3n) is 3.21. The van der Waals surface area contributed by atoms with Crippen molar-refractivity contribution in [3.05, 3.63) is 34.7 Å². The van der Waals surface area contributed by atoms with Gasteiger partial charge in [-0.3, -0.25) is 9.69 Å². The molecule has 1 saturated heterocycles. The predicted octanol–water partition coefficient (Wildman–Crippen LogP) is 2.70. The topological polar surface area (TPSA) is 77.8 Å². The Balaban J connectivity index is 2.37. The number of carboxylic acids is 1. The number of amides is 1. The summed E-state index contributed by atoms with van der Waals surface area (Å²) in [4.78, 5) is 25.3. The second-order valence-electron chi connectivity index (χ2n) is 5.14. The van der Waals surface area contributed by atoms with E-state index in [1.54, 1.807) is 32.0 Å². The summed E-state index contributed by atoms with van der Waals surface area (Å²) < 4.78 is 0.216. The largest absolute Gasteiger partial charge is 0.507 e. The number of carbonyl (C=O) groups excluding carboxylic acids is 1. The number of benzene rings is 1. The van der Waals surface area contributed by atoms with E-state index in [2.05, 4.69) is 0 Å². The van der Waals surface area contributed by atoms with Crippen LogP contribution in [0.5, 0.6) is 5.75 Å². The first kappa shape index (κ1) is 16.5. The van der Waals surface area contributed by atoms with Gasteiger partial charge in [0.2, 0.25) is 0 Å². The van der Waals surface area contributed by atoms with E-state index < -0.39 is 17.9 Å². The van der Waals surface area contributed by atoms with E-state index in [-0.39, 0.29) is 16.0 Å². The summed E-state index contributed by atoms with van der Waals surface area (Å²) >= 11 is 6.20. The van der Waals surface area contributed by atoms with Gasteiger partial charge in [-0.1, -0.05) is 56.0 Å². The highest BCUT2D eigenvalue weighted by molar-refractivity contribution is 8.26. The van der Waals surface area contributed by atoms with Gasteiger partial charge in [-0.05, 0) is 18.1 Å². The van der Waals surface area contributed by atoms with Gasteiger partial charge in [-0.2, -0.15) is 0 Å². The number of carbonyl (C=O) groups is 2. The van der Waals surface area contributed by atoms with Crippen molar-refractivity contribution in [3.8, 4) is 5.75 Å². The number of aliphatic carboxylic acids is 1. The zero-order valence-corrected chi connectivity index (χ0v) is 13.6. The van der Waals surface area contributed by atoms with Crippen LogP contribution in [0.3, 0.4) is 0 Å². The van der Waals surface area contributed by atoms with Gasteiger partial charge >= 0.3 is 5.97 Å². The standard InChI is InChI=1S/C15H15NO4S2/c1-8(2)12(14(19)20)16-13(18)11(22-15(16)21)7-9-5-3-4-6-10(9)17/h3-8,12,17H,1-2H3,(H,19,20)/b11-7+/t12-/m0/s1. The Labute approximate surface area is 137 Å². The van der Waals surface area contributed by atoms with Gasteiger partial charge in [-0.25, -0.2) is 4.79 Å². The zero-order chi connectivity index (χ0) is 16.4. The number of thiocarbonyl (C=S) groups is 1. The van der Waals surface area contributed by atoms with E-state index in [0.29, 0.717) is 10.5 Å². The molecule has 0 aliphatic carbocycles. The molecule has 22 heavy (non-hydrogen) atoms. The van der Waals surface area contributed by atoms with Crippen molar-refractivity contribution < 1.29 is 19.8 Å². The molecular formula is C15H15NO4S2. The van der Waals surface area contributed by atoms with E-state index in [0.717, 1.165) is 16.7 Å². The fraction of sp³-hybridized carbons (Fsp3) is 0.267. The number of rotatable bonds is 4. The molecule has 1 fully saturated rings. The number of thioether (sulfide) groups is 1. The molecule has 0 bridgehead atoms. The van der Waals surface area contributed by atoms with Crippen molar-refractivity contribution >= 4 is 46.3 Å². The third-order valence-corrected chi connectivity index (χ3v) is 4.54. The molecule has 1 aliphatic rings. The van der Waals surface area contributed by atoms with Gasteiger partial charge < -0.3 is 10.2 Å². The Morgan fingerprint density at radius 1 is 1.36 bits per heavy atom. The summed E-state index contributed by atoms with van der Waals surface area (Å²) in [5.74, 6) is -1.76. The first-order chi connectivity index (χ1) is 10.3. The maximum atomic E-state index is 12.5. The monoisotopic (exact) mass is 337 g/mol. The maximum Gasteiger partial charge on any atom is 0.327 e. The van der Waals surface area contributed by atoms with Crippen LogP contribution in [0.25, 0.3) is 6.08 Å². The van der Waals surface area contributed by atoms with Crippen LogP contribution in [-0.4, -0.2) is 37.4 Å². The Morgan fingerprint density at radius 2 is 2.00 bits per heavy atom. The number of phenolic OH excluding ortho intramolecular Hbond substituents is 1. The van der Waals surface area contributed by atoms with Gasteiger partial charge in [0.05, 0.1) is 4.91 Å². The van der Waals surface area contributed by atoms with Crippen molar-refractivity contribution in [1.82, 2.24) is 4.90 Å². The third kappa shape index (κ3) is 3.15. The number of hydrogen-bond acceptors (Lipinski definition) is 5. The van der Waals surface area contributed by atoms with Crippen molar-refractivity contribution in [2.24, 2.45) is 5.92 Å². The van der Waals surface area contributed by atoms with Crippen LogP contribution in [0.1, 0.15) is 19.4 Å². The van der Waals surface area contributed by atoms with Gasteiger partial charge in [0, 0.05) is 5.56 Å². The fourth-order valence-electron chi connectivity index (χ4n) is 2.16. The predicted molar refractivity (Wildman–Crippen MR) is 89.4 cm³/mol. The van der Waals surface area contributed by atoms with Crippen LogP contribution >= 0.6 is 24.0 Å². The SMILES string of the molecule is CC(C)[C@@H](C(=O)O)N1C(=O)/C(=C\c2ccccc2O)SC1=S. The molecule has 1 aromatic carbocycles. The van der Waals surface area contributed by atoms with E-state index in [9.17, 15) is 19.8 Å². The second kappa shape index (κ2) is 6.50. The summed E-state index contributed by atoms with van der Waals surface area (Å²) in [6.07, 6.45) is 1.52. The summed E-state index contributed by atoms with van der Waals surface area (Å²) in [5.41, 5.74) is 0.486. The molecule has 1 amide bonds. The van der Waals surface area contributed by atoms with E-state index >= 15 is 0 Å². The minimum Gasteiger partial charge on any atom is -0.507 e. The minimum atomic E-state index is -1.09. The Morgan fingerprint density at radius 3 is 2.55 bits per heavy atom. The summed E-state index contributed by atoms with van der Waals surface area (Å²) in [5, 5.41) is 19.1. The Hall–Kier alpha value is -1.86. The summed E-state index contributed by atoms with van der Waals surface area (Å²) in [6.45, 7) is 3.45. The highest BCUT2D eigenvalue weighted by Gasteiger charge is 2.41. The molecule has 1 heterocycles. The van der Waals surface area contributed by atoms with Crippen LogP contribution in [0.2, 0.25) is 0 Å². The highest BCUT2D eigenvalue weighted by atomic mass is 32.2. The molecule has 0 spiro atoms. The van der Waals surface area contributed by atoms with E-state index in [1.165, 1.54) is 12.1 Å². The lowest BCUT2D eigenvalue weighted by atomic mass is 10.0. The molecule has 0 saturated carbocycles. The molecule has 0 aromatic heterocycles. The van der Waals surface area contributed by atoms with E-state index in [1.807, 2.05) is 0 Å². The maximum absolute atomic E-state index is 12.5. The highest BCUT2D eigenvalue weighted by Crippen LogP contribution is 2.36. The minimum absolute atomic E-state index is 0.0476. The van der Waals surface area contributed by atoms with Crippen molar-refractivity contribution in [3.63, 3.8) is 0 Å². The molecule has 7 heteroatoms. The van der Waals surface area contributed by atoms with Crippen LogP contribution in [0.15, 0.2) is 29.2 Å². The molecule has 1 aliphatic heterocycles. The summed E-state index contributed by atoms with van der Waals surface area (Å²) in [6, 6.07) is 5.60. The molecule has 0 radical (unpaired) electrons. The molecule has 116 valence electrons. The van der Waals surface area contributed by atoms with Gasteiger partial charge in [0.1, 0.15) is 16.1 Å². The molecule has 0 unspecified atom stereocenters. The lowest BCUT2D eigenvalue weighted by molar-refractivity contribution is -0.146.